The van der Waals surface area contributed by atoms with Gasteiger partial charge in [0, 0.05) is 15.0 Å². The molecule has 2 aromatic carbocycles. The number of hydrogen-bond acceptors (Lipinski definition) is 3. The second-order valence-corrected chi connectivity index (χ2v) is 6.48. The summed E-state index contributed by atoms with van der Waals surface area (Å²) in [5.74, 6) is 2.49. The summed E-state index contributed by atoms with van der Waals surface area (Å²) < 4.78 is 6.68. The zero-order valence-electron chi connectivity index (χ0n) is 10.4. The molecule has 0 atom stereocenters. The normalized spacial score (nSPS) is 10.2. The van der Waals surface area contributed by atoms with Crippen molar-refractivity contribution in [1.82, 2.24) is 0 Å². The van der Waals surface area contributed by atoms with Gasteiger partial charge in [-0.05, 0) is 48.9 Å². The van der Waals surface area contributed by atoms with Crippen LogP contribution in [0, 0.1) is 0 Å². The van der Waals surface area contributed by atoms with Gasteiger partial charge in [0.1, 0.15) is 11.5 Å². The number of benzene rings is 2. The number of ether oxygens (including phenoxy) is 1. The molecule has 0 saturated carbocycles. The predicted octanol–water partition coefficient (Wildman–Crippen LogP) is 5.71. The molecule has 2 rings (SSSR count). The van der Waals surface area contributed by atoms with Gasteiger partial charge in [0.2, 0.25) is 0 Å². The molecule has 0 saturated heterocycles. The van der Waals surface area contributed by atoms with E-state index in [0.29, 0.717) is 5.02 Å². The molecule has 0 aliphatic heterocycles. The maximum absolute atomic E-state index is 5.83. The molecular weight excluding hydrogens is 296 g/mol. The second kappa shape index (κ2) is 6.94. The number of thioether (sulfide) groups is 1. The van der Waals surface area contributed by atoms with Crippen LogP contribution < -0.4 is 4.74 Å². The molecule has 1 nitrogen and oxygen atoms in total. The van der Waals surface area contributed by atoms with Crippen LogP contribution in [0.15, 0.2) is 48.5 Å². The molecule has 0 fully saturated rings. The highest BCUT2D eigenvalue weighted by Crippen LogP contribution is 2.24. The Morgan fingerprint density at radius 2 is 1.58 bits per heavy atom. The third-order valence-electron chi connectivity index (χ3n) is 2.41. The van der Waals surface area contributed by atoms with Crippen molar-refractivity contribution in [2.45, 2.75) is 12.7 Å². The van der Waals surface area contributed by atoms with Gasteiger partial charge in [0.15, 0.2) is 0 Å². The Labute approximate surface area is 127 Å². The average Bonchev–Trinajstić information content (AvgIpc) is 2.40. The van der Waals surface area contributed by atoms with Crippen molar-refractivity contribution in [3.8, 4) is 11.5 Å². The minimum absolute atomic E-state index is 0.704. The standard InChI is InChI=1S/C15H13ClOS2/c1-11(18)19-10-12-2-6-14(7-3-12)17-15-8-4-13(16)5-9-15/h2-9H,10H2,1H3. The van der Waals surface area contributed by atoms with E-state index in [1.165, 1.54) is 5.56 Å². The number of rotatable bonds is 4. The molecule has 0 unspecified atom stereocenters. The van der Waals surface area contributed by atoms with E-state index in [1.54, 1.807) is 11.8 Å². The fourth-order valence-corrected chi connectivity index (χ4v) is 2.34. The molecule has 0 aromatic heterocycles. The lowest BCUT2D eigenvalue weighted by atomic mass is 10.2. The van der Waals surface area contributed by atoms with Crippen LogP contribution in [0.4, 0.5) is 0 Å². The minimum atomic E-state index is 0.704. The molecular formula is C15H13ClOS2. The van der Waals surface area contributed by atoms with Gasteiger partial charge in [-0.1, -0.05) is 36.0 Å². The Morgan fingerprint density at radius 3 is 2.11 bits per heavy atom. The molecule has 0 bridgehead atoms. The van der Waals surface area contributed by atoms with Crippen LogP contribution in [0.25, 0.3) is 0 Å². The van der Waals surface area contributed by atoms with Crippen LogP contribution in [0.3, 0.4) is 0 Å². The lowest BCUT2D eigenvalue weighted by molar-refractivity contribution is 0.482. The molecule has 0 aliphatic rings. The molecule has 0 aliphatic carbocycles. The van der Waals surface area contributed by atoms with E-state index in [-0.39, 0.29) is 0 Å². The first-order chi connectivity index (χ1) is 9.13. The van der Waals surface area contributed by atoms with Crippen LogP contribution in [0.2, 0.25) is 5.02 Å². The summed E-state index contributed by atoms with van der Waals surface area (Å²) in [6, 6.07) is 15.3. The Balaban J connectivity index is 1.98. The van der Waals surface area contributed by atoms with E-state index in [2.05, 4.69) is 12.1 Å². The van der Waals surface area contributed by atoms with Gasteiger partial charge >= 0.3 is 0 Å². The van der Waals surface area contributed by atoms with Crippen molar-refractivity contribution in [2.75, 3.05) is 0 Å². The van der Waals surface area contributed by atoms with E-state index >= 15 is 0 Å². The van der Waals surface area contributed by atoms with E-state index in [0.717, 1.165) is 21.4 Å². The van der Waals surface area contributed by atoms with E-state index in [9.17, 15) is 0 Å². The summed E-state index contributed by atoms with van der Waals surface area (Å²) in [5, 5.41) is 0.704. The third-order valence-corrected chi connectivity index (χ3v) is 3.90. The molecule has 0 heterocycles. The van der Waals surface area contributed by atoms with Gasteiger partial charge in [-0.15, -0.1) is 11.8 Å². The predicted molar refractivity (Wildman–Crippen MR) is 87.5 cm³/mol. The quantitative estimate of drug-likeness (QED) is 0.669. The molecule has 0 spiro atoms. The van der Waals surface area contributed by atoms with Crippen molar-refractivity contribution < 1.29 is 4.74 Å². The lowest BCUT2D eigenvalue weighted by Gasteiger charge is -2.06. The number of hydrogen-bond donors (Lipinski definition) is 0. The summed E-state index contributed by atoms with van der Waals surface area (Å²) in [6.07, 6.45) is 0. The summed E-state index contributed by atoms with van der Waals surface area (Å²) in [7, 11) is 0. The molecule has 2 aromatic rings. The van der Waals surface area contributed by atoms with Crippen LogP contribution in [0.1, 0.15) is 12.5 Å². The number of thiocarbonyl (C=S) groups is 1. The van der Waals surface area contributed by atoms with Crippen LogP contribution in [0.5, 0.6) is 11.5 Å². The monoisotopic (exact) mass is 308 g/mol. The fourth-order valence-electron chi connectivity index (χ4n) is 1.48. The maximum atomic E-state index is 5.83. The average molecular weight is 309 g/mol. The summed E-state index contributed by atoms with van der Waals surface area (Å²) in [5.41, 5.74) is 1.23. The zero-order valence-corrected chi connectivity index (χ0v) is 12.8. The lowest BCUT2D eigenvalue weighted by Crippen LogP contribution is -1.86. The third kappa shape index (κ3) is 4.86. The molecule has 0 radical (unpaired) electrons. The van der Waals surface area contributed by atoms with E-state index in [4.69, 9.17) is 28.6 Å². The Hall–Kier alpha value is -1.03. The SMILES string of the molecule is CC(=S)SCc1ccc(Oc2ccc(Cl)cc2)cc1. The van der Waals surface area contributed by atoms with Crippen molar-refractivity contribution in [3.05, 3.63) is 59.1 Å². The second-order valence-electron chi connectivity index (χ2n) is 3.98. The highest BCUT2D eigenvalue weighted by molar-refractivity contribution is 8.22. The first kappa shape index (κ1) is 14.4. The zero-order chi connectivity index (χ0) is 13.7. The topological polar surface area (TPSA) is 9.23 Å². The summed E-state index contributed by atoms with van der Waals surface area (Å²) in [6.45, 7) is 1.94. The van der Waals surface area contributed by atoms with Crippen molar-refractivity contribution in [3.63, 3.8) is 0 Å². The molecule has 0 amide bonds. The largest absolute Gasteiger partial charge is 0.457 e. The Kier molecular flexibility index (Phi) is 5.25. The minimum Gasteiger partial charge on any atom is -0.457 e. The van der Waals surface area contributed by atoms with E-state index < -0.39 is 0 Å². The number of halogens is 1. The van der Waals surface area contributed by atoms with Gasteiger partial charge in [-0.2, -0.15) is 0 Å². The summed E-state index contributed by atoms with van der Waals surface area (Å²) >= 11 is 12.5. The van der Waals surface area contributed by atoms with Gasteiger partial charge in [-0.25, -0.2) is 0 Å². The van der Waals surface area contributed by atoms with Crippen LogP contribution in [-0.4, -0.2) is 4.20 Å². The highest BCUT2D eigenvalue weighted by Gasteiger charge is 1.99. The van der Waals surface area contributed by atoms with Crippen molar-refractivity contribution >= 4 is 39.8 Å². The van der Waals surface area contributed by atoms with Crippen LogP contribution in [-0.2, 0) is 5.75 Å². The summed E-state index contributed by atoms with van der Waals surface area (Å²) in [4.78, 5) is 0. The van der Waals surface area contributed by atoms with Crippen molar-refractivity contribution in [2.24, 2.45) is 0 Å². The highest BCUT2D eigenvalue weighted by atomic mass is 35.5. The fraction of sp³-hybridized carbons (Fsp3) is 0.133. The van der Waals surface area contributed by atoms with Gasteiger partial charge in [0.25, 0.3) is 0 Å². The Morgan fingerprint density at radius 1 is 1.05 bits per heavy atom. The molecule has 0 N–H and O–H groups in total. The first-order valence-electron chi connectivity index (χ1n) is 5.79. The van der Waals surface area contributed by atoms with E-state index in [1.807, 2.05) is 43.3 Å². The maximum Gasteiger partial charge on any atom is 0.127 e. The molecule has 19 heavy (non-hydrogen) atoms. The molecule has 4 heteroatoms. The molecule has 98 valence electrons. The first-order valence-corrected chi connectivity index (χ1v) is 7.56. The van der Waals surface area contributed by atoms with Crippen LogP contribution >= 0.6 is 35.6 Å². The van der Waals surface area contributed by atoms with Gasteiger partial charge in [0.05, 0.1) is 0 Å². The smallest absolute Gasteiger partial charge is 0.127 e. The van der Waals surface area contributed by atoms with Gasteiger partial charge in [-0.3, -0.25) is 0 Å². The van der Waals surface area contributed by atoms with Crippen molar-refractivity contribution in [1.29, 1.82) is 0 Å². The van der Waals surface area contributed by atoms with Gasteiger partial charge < -0.3 is 4.74 Å². The Bertz CT molecular complexity index is 549.